The molecule has 0 saturated carbocycles. The van der Waals surface area contributed by atoms with Crippen molar-refractivity contribution in [3.63, 3.8) is 0 Å². The standard InChI is InChI=1S/C18H22N6O2/c1-11-8-12(2)24-18(19-11)20-16(21-24)10-17(25)23-7-5-4-6-15(23)14-9-13(3)26-22-14/h8-9,15H,4-7,10H2,1-3H3. The number of rotatable bonds is 3. The molecule has 4 rings (SSSR count). The number of hydrogen-bond donors (Lipinski definition) is 0. The summed E-state index contributed by atoms with van der Waals surface area (Å²) in [4.78, 5) is 23.6. The summed E-state index contributed by atoms with van der Waals surface area (Å²) in [5, 5.41) is 8.57. The van der Waals surface area contributed by atoms with E-state index in [1.54, 1.807) is 4.52 Å². The van der Waals surface area contributed by atoms with Gasteiger partial charge >= 0.3 is 0 Å². The summed E-state index contributed by atoms with van der Waals surface area (Å²) >= 11 is 0. The zero-order valence-electron chi connectivity index (χ0n) is 15.3. The second-order valence-corrected chi connectivity index (χ2v) is 6.92. The molecule has 1 fully saturated rings. The van der Waals surface area contributed by atoms with Crippen molar-refractivity contribution in [2.45, 2.75) is 52.5 Å². The van der Waals surface area contributed by atoms with Gasteiger partial charge in [-0.3, -0.25) is 4.79 Å². The van der Waals surface area contributed by atoms with E-state index in [2.05, 4.69) is 20.2 Å². The Kier molecular flexibility index (Phi) is 4.18. The fourth-order valence-corrected chi connectivity index (χ4v) is 3.60. The highest BCUT2D eigenvalue weighted by Crippen LogP contribution is 2.31. The van der Waals surface area contributed by atoms with Crippen molar-refractivity contribution in [3.05, 3.63) is 40.8 Å². The van der Waals surface area contributed by atoms with Crippen LogP contribution in [-0.2, 0) is 11.2 Å². The van der Waals surface area contributed by atoms with E-state index in [-0.39, 0.29) is 18.4 Å². The van der Waals surface area contributed by atoms with Gasteiger partial charge in [0.15, 0.2) is 5.82 Å². The van der Waals surface area contributed by atoms with E-state index in [1.165, 1.54) is 0 Å². The van der Waals surface area contributed by atoms with Crippen LogP contribution in [0.2, 0.25) is 0 Å². The van der Waals surface area contributed by atoms with Crippen LogP contribution in [0.1, 0.15) is 54.0 Å². The van der Waals surface area contributed by atoms with Gasteiger partial charge < -0.3 is 9.42 Å². The van der Waals surface area contributed by atoms with Gasteiger partial charge in [-0.25, -0.2) is 9.50 Å². The molecule has 3 aromatic rings. The molecule has 0 spiro atoms. The lowest BCUT2D eigenvalue weighted by Gasteiger charge is -2.34. The van der Waals surface area contributed by atoms with Gasteiger partial charge in [-0.15, -0.1) is 5.10 Å². The molecule has 8 heteroatoms. The summed E-state index contributed by atoms with van der Waals surface area (Å²) in [6, 6.07) is 3.82. The second-order valence-electron chi connectivity index (χ2n) is 6.92. The molecule has 0 aliphatic carbocycles. The Hall–Kier alpha value is -2.77. The molecule has 0 radical (unpaired) electrons. The summed E-state index contributed by atoms with van der Waals surface area (Å²) in [6.07, 6.45) is 3.14. The number of carbonyl (C=O) groups excluding carboxylic acids is 1. The molecule has 0 N–H and O–H groups in total. The molecule has 1 unspecified atom stereocenters. The Balaban J connectivity index is 1.57. The Morgan fingerprint density at radius 1 is 1.23 bits per heavy atom. The first kappa shape index (κ1) is 16.7. The number of nitrogens with zero attached hydrogens (tertiary/aromatic N) is 6. The number of hydrogen-bond acceptors (Lipinski definition) is 6. The predicted molar refractivity (Wildman–Crippen MR) is 93.5 cm³/mol. The third-order valence-electron chi connectivity index (χ3n) is 4.78. The second kappa shape index (κ2) is 6.51. The minimum atomic E-state index is -0.0344. The number of aromatic nitrogens is 5. The molecule has 1 aliphatic heterocycles. The monoisotopic (exact) mass is 354 g/mol. The molecule has 136 valence electrons. The molecule has 1 atom stereocenters. The minimum absolute atomic E-state index is 0.0145. The van der Waals surface area contributed by atoms with Crippen LogP contribution in [0.5, 0.6) is 0 Å². The first-order chi connectivity index (χ1) is 12.5. The van der Waals surface area contributed by atoms with Crippen molar-refractivity contribution in [2.24, 2.45) is 0 Å². The van der Waals surface area contributed by atoms with E-state index in [0.717, 1.165) is 48.6 Å². The molecular formula is C18H22N6O2. The number of piperidine rings is 1. The number of fused-ring (bicyclic) bond motifs is 1. The van der Waals surface area contributed by atoms with Gasteiger partial charge in [0, 0.05) is 24.0 Å². The summed E-state index contributed by atoms with van der Waals surface area (Å²) in [7, 11) is 0. The van der Waals surface area contributed by atoms with E-state index in [4.69, 9.17) is 4.52 Å². The van der Waals surface area contributed by atoms with Crippen LogP contribution in [0.25, 0.3) is 5.78 Å². The lowest BCUT2D eigenvalue weighted by atomic mass is 9.98. The van der Waals surface area contributed by atoms with E-state index < -0.39 is 0 Å². The van der Waals surface area contributed by atoms with Crippen molar-refractivity contribution in [1.29, 1.82) is 0 Å². The molecule has 3 aromatic heterocycles. The summed E-state index contributed by atoms with van der Waals surface area (Å²) in [5.41, 5.74) is 2.66. The molecule has 0 aromatic carbocycles. The van der Waals surface area contributed by atoms with Crippen molar-refractivity contribution >= 4 is 11.7 Å². The number of amides is 1. The average molecular weight is 354 g/mol. The fourth-order valence-electron chi connectivity index (χ4n) is 3.60. The lowest BCUT2D eigenvalue weighted by Crippen LogP contribution is -2.39. The third kappa shape index (κ3) is 3.07. The van der Waals surface area contributed by atoms with Gasteiger partial charge in [0.05, 0.1) is 12.5 Å². The van der Waals surface area contributed by atoms with Gasteiger partial charge in [0.1, 0.15) is 11.5 Å². The quantitative estimate of drug-likeness (QED) is 0.717. The van der Waals surface area contributed by atoms with Crippen LogP contribution in [0, 0.1) is 20.8 Å². The summed E-state index contributed by atoms with van der Waals surface area (Å²) < 4.78 is 6.89. The van der Waals surface area contributed by atoms with Gasteiger partial charge in [-0.1, -0.05) is 5.16 Å². The molecule has 0 bridgehead atoms. The van der Waals surface area contributed by atoms with E-state index in [1.807, 2.05) is 37.8 Å². The Morgan fingerprint density at radius 2 is 2.08 bits per heavy atom. The van der Waals surface area contributed by atoms with Crippen molar-refractivity contribution < 1.29 is 9.32 Å². The highest BCUT2D eigenvalue weighted by atomic mass is 16.5. The van der Waals surface area contributed by atoms with E-state index in [0.29, 0.717) is 11.6 Å². The van der Waals surface area contributed by atoms with Gasteiger partial charge in [-0.05, 0) is 46.1 Å². The zero-order valence-corrected chi connectivity index (χ0v) is 15.3. The topological polar surface area (TPSA) is 89.4 Å². The van der Waals surface area contributed by atoms with Gasteiger partial charge in [0.25, 0.3) is 5.78 Å². The fraction of sp³-hybridized carbons (Fsp3) is 0.500. The van der Waals surface area contributed by atoms with Crippen molar-refractivity contribution in [1.82, 2.24) is 29.6 Å². The van der Waals surface area contributed by atoms with Crippen LogP contribution in [0.4, 0.5) is 0 Å². The molecular weight excluding hydrogens is 332 g/mol. The maximum Gasteiger partial charge on any atom is 0.252 e. The Labute approximate surface area is 151 Å². The molecule has 4 heterocycles. The minimum Gasteiger partial charge on any atom is -0.361 e. The lowest BCUT2D eigenvalue weighted by molar-refractivity contribution is -0.134. The summed E-state index contributed by atoms with van der Waals surface area (Å²) in [6.45, 7) is 6.46. The SMILES string of the molecule is Cc1cc(C)n2nc(CC(=O)N3CCCCC3c3cc(C)on3)nc2n1. The van der Waals surface area contributed by atoms with Crippen LogP contribution in [0.3, 0.4) is 0 Å². The van der Waals surface area contributed by atoms with Crippen molar-refractivity contribution in [2.75, 3.05) is 6.54 Å². The molecule has 26 heavy (non-hydrogen) atoms. The third-order valence-corrected chi connectivity index (χ3v) is 4.78. The van der Waals surface area contributed by atoms with Crippen LogP contribution >= 0.6 is 0 Å². The number of likely N-dealkylation sites (tertiary alicyclic amines) is 1. The van der Waals surface area contributed by atoms with Gasteiger partial charge in [0.2, 0.25) is 5.91 Å². The van der Waals surface area contributed by atoms with Crippen molar-refractivity contribution in [3.8, 4) is 0 Å². The number of aryl methyl sites for hydroxylation is 3. The maximum atomic E-state index is 12.9. The molecule has 1 amide bonds. The average Bonchev–Trinajstić information content (AvgIpc) is 3.21. The predicted octanol–water partition coefficient (Wildman–Crippen LogP) is 2.33. The first-order valence-corrected chi connectivity index (χ1v) is 8.94. The molecule has 1 saturated heterocycles. The number of carbonyl (C=O) groups is 1. The largest absolute Gasteiger partial charge is 0.361 e. The normalized spacial score (nSPS) is 17.8. The van der Waals surface area contributed by atoms with Crippen LogP contribution in [0.15, 0.2) is 16.7 Å². The van der Waals surface area contributed by atoms with E-state index >= 15 is 0 Å². The Morgan fingerprint density at radius 3 is 2.85 bits per heavy atom. The van der Waals surface area contributed by atoms with E-state index in [9.17, 15) is 4.79 Å². The summed E-state index contributed by atoms with van der Waals surface area (Å²) in [5.74, 6) is 1.81. The first-order valence-electron chi connectivity index (χ1n) is 8.94. The molecule has 8 nitrogen and oxygen atoms in total. The highest BCUT2D eigenvalue weighted by molar-refractivity contribution is 5.78. The van der Waals surface area contributed by atoms with Gasteiger partial charge in [-0.2, -0.15) is 4.98 Å². The zero-order chi connectivity index (χ0) is 18.3. The maximum absolute atomic E-state index is 12.9. The highest BCUT2D eigenvalue weighted by Gasteiger charge is 2.30. The van der Waals surface area contributed by atoms with Crippen LogP contribution in [-0.4, -0.2) is 42.1 Å². The molecule has 1 aliphatic rings. The smallest absolute Gasteiger partial charge is 0.252 e. The van der Waals surface area contributed by atoms with Crippen LogP contribution < -0.4 is 0 Å². The Bertz CT molecular complexity index is 960.